The Morgan fingerprint density at radius 2 is 1.67 bits per heavy atom. The third kappa shape index (κ3) is 6.25. The van der Waals surface area contributed by atoms with Crippen LogP contribution in [0.5, 0.6) is 0 Å². The van der Waals surface area contributed by atoms with Crippen LogP contribution in [-0.4, -0.2) is 39.3 Å². The zero-order valence-corrected chi connectivity index (χ0v) is 24.4. The Morgan fingerprint density at radius 1 is 1.00 bits per heavy atom. The standard InChI is InChI=1S/C32H33N7O3/c1-31(2,3)42-30(41)38-21-22(24-15-10-12-18-27(24)38)19-20-39(32(4,5)23-13-7-6-8-14-23)29(40)28(35-33)25-16-9-11-17-26(25)36-37-34/h6-18,21H,19-20H2,1-5H3. The van der Waals surface area contributed by atoms with E-state index in [0.717, 1.165) is 16.5 Å². The van der Waals surface area contributed by atoms with Gasteiger partial charge in [-0.15, -0.1) is 0 Å². The summed E-state index contributed by atoms with van der Waals surface area (Å²) in [5, 5.41) is 19.8. The van der Waals surface area contributed by atoms with E-state index in [0.29, 0.717) is 11.9 Å². The molecule has 3 aromatic rings. The van der Waals surface area contributed by atoms with Crippen molar-refractivity contribution in [2.45, 2.75) is 52.2 Å². The number of amides is 1. The second-order valence-electron chi connectivity index (χ2n) is 11.3. The van der Waals surface area contributed by atoms with Gasteiger partial charge in [0.1, 0.15) is 11.3 Å². The van der Waals surface area contributed by atoms with Gasteiger partial charge >= 0.3 is 11.2 Å². The average Bonchev–Trinajstić information content (AvgIpc) is 3.33. The number of para-hydroxylation sites is 1. The lowest BCUT2D eigenvalue weighted by atomic mass is 9.90. The van der Waals surface area contributed by atoms with E-state index in [1.165, 1.54) is 4.57 Å². The van der Waals surface area contributed by atoms with Crippen LogP contribution in [-0.2, 0) is 21.5 Å². The second-order valence-corrected chi connectivity index (χ2v) is 11.3. The number of diazo groups is 1. The van der Waals surface area contributed by atoms with Gasteiger partial charge in [0.25, 0.3) is 11.3 Å². The fraction of sp³-hybridized carbons (Fsp3) is 0.281. The molecule has 0 N–H and O–H groups in total. The molecule has 0 bridgehead atoms. The number of hydrogen-bond donors (Lipinski definition) is 0. The summed E-state index contributed by atoms with van der Waals surface area (Å²) < 4.78 is 7.12. The normalized spacial score (nSPS) is 15.4. The molecule has 1 aromatic heterocycles. The molecule has 0 atom stereocenters. The van der Waals surface area contributed by atoms with E-state index in [4.69, 9.17) is 10.1 Å². The van der Waals surface area contributed by atoms with Crippen LogP contribution in [0.4, 0.5) is 4.79 Å². The molecular weight excluding hydrogens is 530 g/mol. The fourth-order valence-corrected chi connectivity index (χ4v) is 4.93. The Hall–Kier alpha value is -5.17. The van der Waals surface area contributed by atoms with E-state index in [2.05, 4.69) is 15.3 Å². The van der Waals surface area contributed by atoms with E-state index in [-0.39, 0.29) is 23.5 Å². The lowest BCUT2D eigenvalue weighted by Crippen LogP contribution is -2.47. The van der Waals surface area contributed by atoms with Gasteiger partial charge < -0.3 is 20.3 Å². The molecule has 0 unspecified atom stereocenters. The molecule has 4 rings (SSSR count). The molecule has 0 radical (unpaired) electrons. The number of benzene rings is 2. The van der Waals surface area contributed by atoms with Gasteiger partial charge in [-0.3, -0.25) is 9.36 Å². The predicted molar refractivity (Wildman–Crippen MR) is 162 cm³/mol. The number of fused-ring (bicyclic) bond motifs is 1. The zero-order valence-electron chi connectivity index (χ0n) is 24.4. The van der Waals surface area contributed by atoms with E-state index in [1.807, 2.05) is 89.2 Å². The van der Waals surface area contributed by atoms with Crippen LogP contribution in [0.2, 0.25) is 0 Å². The molecule has 214 valence electrons. The van der Waals surface area contributed by atoms with Crippen LogP contribution in [0, 0.1) is 5.39 Å². The molecule has 0 aliphatic heterocycles. The van der Waals surface area contributed by atoms with Gasteiger partial charge in [0.2, 0.25) is 0 Å². The van der Waals surface area contributed by atoms with Crippen LogP contribution >= 0.6 is 0 Å². The quantitative estimate of drug-likeness (QED) is 0.129. The molecule has 1 heterocycles. The predicted octanol–water partition coefficient (Wildman–Crippen LogP) is 7.34. The molecular formula is C32H33N7O3. The summed E-state index contributed by atoms with van der Waals surface area (Å²) in [4.78, 5) is 28.9. The molecule has 1 aliphatic rings. The van der Waals surface area contributed by atoms with Crippen molar-refractivity contribution in [2.75, 3.05) is 6.54 Å². The largest absolute Gasteiger partial charge is 0.706 e. The minimum Gasteiger partial charge on any atom is -0.706 e. The molecule has 10 nitrogen and oxygen atoms in total. The van der Waals surface area contributed by atoms with Crippen molar-refractivity contribution in [3.05, 3.63) is 118 Å². The van der Waals surface area contributed by atoms with Gasteiger partial charge in [-0.05, 0) is 64.3 Å². The lowest BCUT2D eigenvalue weighted by Gasteiger charge is -2.40. The van der Waals surface area contributed by atoms with Crippen molar-refractivity contribution in [2.24, 2.45) is 10.2 Å². The van der Waals surface area contributed by atoms with Crippen LogP contribution < -0.4 is 0 Å². The molecule has 0 saturated heterocycles. The summed E-state index contributed by atoms with van der Waals surface area (Å²) in [6.45, 7) is 9.48. The van der Waals surface area contributed by atoms with E-state index in [1.54, 1.807) is 35.4 Å². The Balaban J connectivity index is 1.78. The summed E-state index contributed by atoms with van der Waals surface area (Å²) in [5.41, 5.74) is 11.1. The lowest BCUT2D eigenvalue weighted by molar-refractivity contribution is -0.132. The SMILES string of the molecule is CC(C)(C)OC(=O)n1cc(CCN(C(=O)C(N=[N-])=C2C=CC=CC2=N[N+]#N)C(C)(C)c2ccccc2)c2ccccc21. The Bertz CT molecular complexity index is 1680. The molecule has 10 heteroatoms. The fourth-order valence-electron chi connectivity index (χ4n) is 4.93. The Morgan fingerprint density at radius 3 is 2.33 bits per heavy atom. The van der Waals surface area contributed by atoms with Crippen LogP contribution in [0.3, 0.4) is 0 Å². The maximum absolute atomic E-state index is 14.2. The second kappa shape index (κ2) is 12.1. The molecule has 1 amide bonds. The monoisotopic (exact) mass is 563 g/mol. The smallest absolute Gasteiger partial charge is 0.419 e. The first-order chi connectivity index (χ1) is 20.0. The first kappa shape index (κ1) is 29.8. The third-order valence-electron chi connectivity index (χ3n) is 7.00. The maximum Gasteiger partial charge on any atom is 0.419 e. The van der Waals surface area contributed by atoms with Crippen molar-refractivity contribution >= 4 is 28.6 Å². The highest BCUT2D eigenvalue weighted by molar-refractivity contribution is 6.16. The van der Waals surface area contributed by atoms with Gasteiger partial charge in [-0.1, -0.05) is 66.8 Å². The number of allylic oxidation sites excluding steroid dienone is 5. The number of hydrogen-bond acceptors (Lipinski definition) is 6. The summed E-state index contributed by atoms with van der Waals surface area (Å²) in [5.74, 6) is -0.553. The van der Waals surface area contributed by atoms with Crippen molar-refractivity contribution in [3.8, 4) is 0 Å². The zero-order chi connectivity index (χ0) is 30.5. The van der Waals surface area contributed by atoms with Crippen molar-refractivity contribution in [1.29, 1.82) is 5.39 Å². The van der Waals surface area contributed by atoms with Gasteiger partial charge in [0.05, 0.1) is 11.1 Å². The summed E-state index contributed by atoms with van der Waals surface area (Å²) >= 11 is 0. The minimum absolute atomic E-state index is 0.166. The topological polar surface area (TPSA) is 127 Å². The van der Waals surface area contributed by atoms with E-state index >= 15 is 0 Å². The highest BCUT2D eigenvalue weighted by Crippen LogP contribution is 2.32. The number of aromatic nitrogens is 1. The van der Waals surface area contributed by atoms with Crippen molar-refractivity contribution in [1.82, 2.24) is 9.47 Å². The molecule has 0 fully saturated rings. The van der Waals surface area contributed by atoms with Crippen LogP contribution in [0.25, 0.3) is 21.5 Å². The first-order valence-electron chi connectivity index (χ1n) is 13.5. The van der Waals surface area contributed by atoms with Crippen LogP contribution in [0.1, 0.15) is 45.7 Å². The molecule has 42 heavy (non-hydrogen) atoms. The third-order valence-corrected chi connectivity index (χ3v) is 7.00. The highest BCUT2D eigenvalue weighted by atomic mass is 16.6. The number of nitrogens with zero attached hydrogens (tertiary/aromatic N) is 7. The number of carbonyl (C=O) groups excluding carboxylic acids is 2. The molecule has 0 spiro atoms. The van der Waals surface area contributed by atoms with Crippen molar-refractivity contribution in [3.63, 3.8) is 0 Å². The van der Waals surface area contributed by atoms with Gasteiger partial charge in [-0.2, -0.15) is 0 Å². The minimum atomic E-state index is -0.842. The van der Waals surface area contributed by atoms with Gasteiger partial charge in [0, 0.05) is 23.7 Å². The maximum atomic E-state index is 14.2. The Labute approximate surface area is 244 Å². The number of carbonyl (C=O) groups is 2. The van der Waals surface area contributed by atoms with Gasteiger partial charge in [0.15, 0.2) is 10.8 Å². The summed E-state index contributed by atoms with van der Waals surface area (Å²) in [6.07, 6.45) is 8.09. The first-order valence-corrected chi connectivity index (χ1v) is 13.5. The summed E-state index contributed by atoms with van der Waals surface area (Å²) in [6, 6.07) is 17.1. The molecule has 2 aromatic carbocycles. The average molecular weight is 564 g/mol. The van der Waals surface area contributed by atoms with E-state index < -0.39 is 23.1 Å². The van der Waals surface area contributed by atoms with Crippen molar-refractivity contribution < 1.29 is 14.3 Å². The summed E-state index contributed by atoms with van der Waals surface area (Å²) in [7, 11) is 0. The molecule has 1 aliphatic carbocycles. The van der Waals surface area contributed by atoms with Gasteiger partial charge in [-0.25, -0.2) is 4.79 Å². The van der Waals surface area contributed by atoms with E-state index in [9.17, 15) is 15.1 Å². The van der Waals surface area contributed by atoms with Crippen LogP contribution in [0.15, 0.2) is 107 Å². The Kier molecular flexibility index (Phi) is 8.62. The number of rotatable bonds is 7. The molecule has 0 saturated carbocycles. The number of ether oxygens (including phenoxy) is 1. The highest BCUT2D eigenvalue weighted by Gasteiger charge is 2.35.